The largest absolute Gasteiger partial charge is 0.478 e. The van der Waals surface area contributed by atoms with Gasteiger partial charge in [0.1, 0.15) is 5.15 Å². The predicted octanol–water partition coefficient (Wildman–Crippen LogP) is 2.71. The van der Waals surface area contributed by atoms with E-state index in [0.717, 1.165) is 0 Å². The topological polar surface area (TPSA) is 75.1 Å². The van der Waals surface area contributed by atoms with E-state index in [0.29, 0.717) is 0 Å². The summed E-state index contributed by atoms with van der Waals surface area (Å²) in [7, 11) is 0. The molecular formula is C11H7ClFN3O2. The summed E-state index contributed by atoms with van der Waals surface area (Å²) in [5, 5.41) is 11.5. The molecule has 2 aromatic rings. The van der Waals surface area contributed by atoms with E-state index in [-0.39, 0.29) is 16.7 Å². The van der Waals surface area contributed by atoms with E-state index in [1.165, 1.54) is 30.6 Å². The minimum absolute atomic E-state index is 0.00790. The second-order valence-corrected chi connectivity index (χ2v) is 3.71. The van der Waals surface area contributed by atoms with Crippen LogP contribution < -0.4 is 5.32 Å². The van der Waals surface area contributed by atoms with Gasteiger partial charge in [-0.25, -0.2) is 14.2 Å². The lowest BCUT2D eigenvalue weighted by molar-refractivity contribution is 0.0692. The average molecular weight is 268 g/mol. The molecule has 2 rings (SSSR count). The smallest absolute Gasteiger partial charge is 0.338 e. The number of anilines is 2. The summed E-state index contributed by atoms with van der Waals surface area (Å²) >= 11 is 5.63. The molecule has 0 aliphatic heterocycles. The summed E-state index contributed by atoms with van der Waals surface area (Å²) in [5.41, 5.74) is -0.429. The molecule has 1 aromatic heterocycles. The maximum Gasteiger partial charge on any atom is 0.338 e. The molecule has 0 saturated carbocycles. The Hall–Kier alpha value is -2.21. The SMILES string of the molecule is O=C(O)c1cccc(Nc2cncc(Cl)n2)c1F. The van der Waals surface area contributed by atoms with Crippen LogP contribution in [0.1, 0.15) is 10.4 Å². The Kier molecular flexibility index (Phi) is 3.38. The molecule has 5 nitrogen and oxygen atoms in total. The summed E-state index contributed by atoms with van der Waals surface area (Å²) in [5.74, 6) is -1.98. The highest BCUT2D eigenvalue weighted by atomic mass is 35.5. The number of nitrogens with one attached hydrogen (secondary N) is 1. The number of rotatable bonds is 3. The van der Waals surface area contributed by atoms with Crippen molar-refractivity contribution in [3.05, 3.63) is 47.1 Å². The first-order valence-corrected chi connectivity index (χ1v) is 5.22. The van der Waals surface area contributed by atoms with Gasteiger partial charge in [-0.2, -0.15) is 0 Å². The highest BCUT2D eigenvalue weighted by Gasteiger charge is 2.14. The second kappa shape index (κ2) is 4.97. The highest BCUT2D eigenvalue weighted by molar-refractivity contribution is 6.29. The van der Waals surface area contributed by atoms with E-state index in [1.54, 1.807) is 0 Å². The molecule has 0 radical (unpaired) electrons. The van der Waals surface area contributed by atoms with Crippen molar-refractivity contribution in [3.8, 4) is 0 Å². The van der Waals surface area contributed by atoms with E-state index in [1.807, 2.05) is 0 Å². The van der Waals surface area contributed by atoms with Gasteiger partial charge in [0.2, 0.25) is 0 Å². The number of aromatic carboxylic acids is 1. The lowest BCUT2D eigenvalue weighted by atomic mass is 10.2. The van der Waals surface area contributed by atoms with Crippen molar-refractivity contribution < 1.29 is 14.3 Å². The molecule has 1 heterocycles. The Balaban J connectivity index is 2.35. The molecule has 0 aliphatic carbocycles. The van der Waals surface area contributed by atoms with Crippen LogP contribution >= 0.6 is 11.6 Å². The molecular weight excluding hydrogens is 261 g/mol. The van der Waals surface area contributed by atoms with E-state index in [9.17, 15) is 9.18 Å². The van der Waals surface area contributed by atoms with Gasteiger partial charge >= 0.3 is 5.97 Å². The molecule has 0 unspecified atom stereocenters. The second-order valence-electron chi connectivity index (χ2n) is 3.32. The summed E-state index contributed by atoms with van der Waals surface area (Å²) in [4.78, 5) is 18.4. The van der Waals surface area contributed by atoms with Gasteiger partial charge in [0.05, 0.1) is 23.6 Å². The fourth-order valence-electron chi connectivity index (χ4n) is 1.33. The molecule has 1 aromatic carbocycles. The number of carboxylic acid groups (broad SMARTS) is 1. The molecule has 0 aliphatic rings. The van der Waals surface area contributed by atoms with Gasteiger partial charge in [0, 0.05) is 0 Å². The predicted molar refractivity (Wildman–Crippen MR) is 63.7 cm³/mol. The van der Waals surface area contributed by atoms with Crippen LogP contribution in [0.4, 0.5) is 15.9 Å². The molecule has 92 valence electrons. The van der Waals surface area contributed by atoms with Gasteiger partial charge in [-0.15, -0.1) is 0 Å². The van der Waals surface area contributed by atoms with Gasteiger partial charge in [0.15, 0.2) is 11.6 Å². The van der Waals surface area contributed by atoms with E-state index >= 15 is 0 Å². The van der Waals surface area contributed by atoms with Gasteiger partial charge in [-0.1, -0.05) is 17.7 Å². The molecule has 18 heavy (non-hydrogen) atoms. The fraction of sp³-hybridized carbons (Fsp3) is 0. The monoisotopic (exact) mass is 267 g/mol. The molecule has 2 N–H and O–H groups in total. The lowest BCUT2D eigenvalue weighted by Crippen LogP contribution is -2.04. The van der Waals surface area contributed by atoms with Crippen LogP contribution in [0, 0.1) is 5.82 Å². The first-order valence-electron chi connectivity index (χ1n) is 4.84. The van der Waals surface area contributed by atoms with Crippen molar-refractivity contribution in [1.29, 1.82) is 0 Å². The van der Waals surface area contributed by atoms with Crippen LogP contribution in [0.25, 0.3) is 0 Å². The van der Waals surface area contributed by atoms with Crippen LogP contribution in [0.5, 0.6) is 0 Å². The number of nitrogens with zero attached hydrogens (tertiary/aromatic N) is 2. The third-order valence-corrected chi connectivity index (χ3v) is 2.28. The van der Waals surface area contributed by atoms with E-state index in [4.69, 9.17) is 16.7 Å². The Morgan fingerprint density at radius 3 is 2.83 bits per heavy atom. The zero-order valence-corrected chi connectivity index (χ0v) is 9.65. The zero-order chi connectivity index (χ0) is 13.1. The summed E-state index contributed by atoms with van der Waals surface area (Å²) in [6.45, 7) is 0. The summed E-state index contributed by atoms with van der Waals surface area (Å²) in [6, 6.07) is 3.99. The van der Waals surface area contributed by atoms with Gasteiger partial charge in [-0.3, -0.25) is 4.98 Å². The Morgan fingerprint density at radius 1 is 1.39 bits per heavy atom. The number of hydrogen-bond donors (Lipinski definition) is 2. The van der Waals surface area contributed by atoms with Crippen molar-refractivity contribution in [2.75, 3.05) is 5.32 Å². The van der Waals surface area contributed by atoms with Gasteiger partial charge < -0.3 is 10.4 Å². The quantitative estimate of drug-likeness (QED) is 0.894. The number of carbonyl (C=O) groups is 1. The van der Waals surface area contributed by atoms with Crippen LogP contribution in [-0.2, 0) is 0 Å². The Labute approximate surface area is 106 Å². The van der Waals surface area contributed by atoms with Crippen molar-refractivity contribution in [2.24, 2.45) is 0 Å². The maximum absolute atomic E-state index is 13.8. The Bertz CT molecular complexity index is 607. The van der Waals surface area contributed by atoms with Crippen LogP contribution in [0.3, 0.4) is 0 Å². The third-order valence-electron chi connectivity index (χ3n) is 2.10. The minimum Gasteiger partial charge on any atom is -0.478 e. The van der Waals surface area contributed by atoms with Crippen molar-refractivity contribution in [3.63, 3.8) is 0 Å². The van der Waals surface area contributed by atoms with Crippen LogP contribution in [0.2, 0.25) is 5.15 Å². The molecule has 0 fully saturated rings. The number of aromatic nitrogens is 2. The molecule has 0 spiro atoms. The normalized spacial score (nSPS) is 10.1. The van der Waals surface area contributed by atoms with Crippen molar-refractivity contribution in [1.82, 2.24) is 9.97 Å². The summed E-state index contributed by atoms with van der Waals surface area (Å²) < 4.78 is 13.8. The van der Waals surface area contributed by atoms with Gasteiger partial charge in [-0.05, 0) is 12.1 Å². The lowest BCUT2D eigenvalue weighted by Gasteiger charge is -2.07. The van der Waals surface area contributed by atoms with Crippen molar-refractivity contribution >= 4 is 29.1 Å². The molecule has 0 atom stereocenters. The zero-order valence-electron chi connectivity index (χ0n) is 8.89. The molecule has 0 amide bonds. The van der Waals surface area contributed by atoms with Gasteiger partial charge in [0.25, 0.3) is 0 Å². The number of carboxylic acids is 1. The third kappa shape index (κ3) is 2.54. The van der Waals surface area contributed by atoms with E-state index in [2.05, 4.69) is 15.3 Å². The number of benzene rings is 1. The minimum atomic E-state index is -1.34. The first-order chi connectivity index (χ1) is 8.58. The fourth-order valence-corrected chi connectivity index (χ4v) is 1.48. The van der Waals surface area contributed by atoms with E-state index < -0.39 is 17.3 Å². The molecule has 0 bridgehead atoms. The van der Waals surface area contributed by atoms with Crippen LogP contribution in [0.15, 0.2) is 30.6 Å². The number of hydrogen-bond acceptors (Lipinski definition) is 4. The number of halogens is 2. The first kappa shape index (κ1) is 12.3. The highest BCUT2D eigenvalue weighted by Crippen LogP contribution is 2.21. The standard InChI is InChI=1S/C11H7ClFN3O2/c12-8-4-14-5-9(16-8)15-7-3-1-2-6(10(7)13)11(17)18/h1-5H,(H,15,16)(H,17,18). The average Bonchev–Trinajstić information content (AvgIpc) is 2.31. The summed E-state index contributed by atoms with van der Waals surface area (Å²) in [6.07, 6.45) is 2.68. The molecule has 0 saturated heterocycles. The van der Waals surface area contributed by atoms with Crippen LogP contribution in [-0.4, -0.2) is 21.0 Å². The Morgan fingerprint density at radius 2 is 2.17 bits per heavy atom. The van der Waals surface area contributed by atoms with Crippen molar-refractivity contribution in [2.45, 2.75) is 0 Å². The molecule has 7 heteroatoms. The maximum atomic E-state index is 13.8.